The van der Waals surface area contributed by atoms with Gasteiger partial charge in [-0.3, -0.25) is 4.99 Å². The van der Waals surface area contributed by atoms with Gasteiger partial charge in [0.1, 0.15) is 6.26 Å². The van der Waals surface area contributed by atoms with E-state index in [0.717, 1.165) is 12.1 Å². The molecule has 0 heterocycles. The Kier molecular flexibility index (Phi) is 6.63. The van der Waals surface area contributed by atoms with Crippen LogP contribution in [0.25, 0.3) is 0 Å². The Bertz CT molecular complexity index is 219. The number of hydroxylamine groups is 1. The molecule has 0 unspecified atom stereocenters. The van der Waals surface area contributed by atoms with Gasteiger partial charge in [0.25, 0.3) is 0 Å². The molecule has 0 aliphatic heterocycles. The van der Waals surface area contributed by atoms with Crippen LogP contribution >= 0.6 is 0 Å². The van der Waals surface area contributed by atoms with Crippen LogP contribution in [0.15, 0.2) is 28.6 Å². The molecule has 0 radical (unpaired) electrons. The third-order valence-corrected chi connectivity index (χ3v) is 1.32. The van der Waals surface area contributed by atoms with Crippen LogP contribution in [0, 0.1) is 0 Å². The lowest BCUT2D eigenvalue weighted by Crippen LogP contribution is -2.09. The van der Waals surface area contributed by atoms with Crippen LogP contribution in [0.5, 0.6) is 0 Å². The molecular formula is C9H17N3O. The van der Waals surface area contributed by atoms with Crippen molar-refractivity contribution in [2.45, 2.75) is 13.8 Å². The van der Waals surface area contributed by atoms with Crippen LogP contribution < -0.4 is 11.2 Å². The average Bonchev–Trinajstić information content (AvgIpc) is 2.12. The Morgan fingerprint density at radius 3 is 2.85 bits per heavy atom. The fraction of sp³-hybridized carbons (Fsp3) is 0.444. The van der Waals surface area contributed by atoms with E-state index in [9.17, 15) is 0 Å². The molecule has 0 aromatic carbocycles. The molecule has 0 saturated heterocycles. The number of allylic oxidation sites excluding steroid dienone is 2. The van der Waals surface area contributed by atoms with E-state index in [1.165, 1.54) is 6.26 Å². The fourth-order valence-corrected chi connectivity index (χ4v) is 0.638. The highest BCUT2D eigenvalue weighted by atomic mass is 16.6. The average molecular weight is 183 g/mol. The minimum Gasteiger partial charge on any atom is -0.416 e. The molecule has 0 fully saturated rings. The number of aliphatic imine (C=N–C) groups is 1. The summed E-state index contributed by atoms with van der Waals surface area (Å²) in [6, 6.07) is 0. The van der Waals surface area contributed by atoms with Gasteiger partial charge in [-0.05, 0) is 25.5 Å². The first-order valence-electron chi connectivity index (χ1n) is 4.16. The van der Waals surface area contributed by atoms with Crippen molar-refractivity contribution < 1.29 is 4.84 Å². The topological polar surface area (TPSA) is 59.6 Å². The maximum Gasteiger partial charge on any atom is 0.113 e. The number of hydrogen-bond acceptors (Lipinski definition) is 4. The number of nitrogens with zero attached hydrogens (tertiary/aromatic N) is 1. The van der Waals surface area contributed by atoms with Crippen molar-refractivity contribution in [2.75, 3.05) is 13.6 Å². The van der Waals surface area contributed by atoms with E-state index < -0.39 is 0 Å². The molecule has 0 aromatic rings. The van der Waals surface area contributed by atoms with E-state index in [4.69, 9.17) is 10.6 Å². The zero-order valence-corrected chi connectivity index (χ0v) is 8.37. The van der Waals surface area contributed by atoms with Crippen LogP contribution in [0.2, 0.25) is 0 Å². The van der Waals surface area contributed by atoms with Crippen LogP contribution in [0.1, 0.15) is 13.8 Å². The smallest absolute Gasteiger partial charge is 0.113 e. The Hall–Kier alpha value is -1.29. The second-order valence-electron chi connectivity index (χ2n) is 2.44. The van der Waals surface area contributed by atoms with E-state index in [1.54, 1.807) is 19.3 Å². The largest absolute Gasteiger partial charge is 0.416 e. The van der Waals surface area contributed by atoms with Crippen LogP contribution in [-0.2, 0) is 4.84 Å². The minimum absolute atomic E-state index is 0.642. The first kappa shape index (κ1) is 11.7. The molecule has 0 spiro atoms. The van der Waals surface area contributed by atoms with Crippen LogP contribution in [-0.4, -0.2) is 19.8 Å². The number of nitrogens with one attached hydrogen (secondary N) is 1. The zero-order valence-electron chi connectivity index (χ0n) is 8.37. The third-order valence-electron chi connectivity index (χ3n) is 1.32. The van der Waals surface area contributed by atoms with Crippen molar-refractivity contribution in [2.24, 2.45) is 10.7 Å². The summed E-state index contributed by atoms with van der Waals surface area (Å²) in [5.41, 5.74) is 9.91. The molecule has 4 nitrogen and oxygen atoms in total. The zero-order chi connectivity index (χ0) is 10.1. The molecule has 4 heteroatoms. The van der Waals surface area contributed by atoms with Crippen molar-refractivity contribution in [1.29, 1.82) is 0 Å². The molecule has 0 aliphatic rings. The Morgan fingerprint density at radius 2 is 2.31 bits per heavy atom. The van der Waals surface area contributed by atoms with E-state index in [1.807, 2.05) is 13.8 Å². The summed E-state index contributed by atoms with van der Waals surface area (Å²) >= 11 is 0. The highest BCUT2D eigenvalue weighted by Crippen LogP contribution is 1.95. The van der Waals surface area contributed by atoms with Crippen molar-refractivity contribution in [1.82, 2.24) is 5.48 Å². The minimum atomic E-state index is 0.642. The van der Waals surface area contributed by atoms with E-state index >= 15 is 0 Å². The molecule has 0 aromatic heterocycles. The predicted molar refractivity (Wildman–Crippen MR) is 55.2 cm³/mol. The summed E-state index contributed by atoms with van der Waals surface area (Å²) < 4.78 is 0. The fourth-order valence-electron chi connectivity index (χ4n) is 0.638. The van der Waals surface area contributed by atoms with Crippen molar-refractivity contribution in [3.05, 3.63) is 23.6 Å². The lowest BCUT2D eigenvalue weighted by Gasteiger charge is -1.98. The molecule has 0 bridgehead atoms. The first-order valence-corrected chi connectivity index (χ1v) is 4.16. The summed E-state index contributed by atoms with van der Waals surface area (Å²) in [6.45, 7) is 4.59. The van der Waals surface area contributed by atoms with E-state index in [2.05, 4.69) is 10.5 Å². The molecule has 0 saturated carbocycles. The van der Waals surface area contributed by atoms with Gasteiger partial charge >= 0.3 is 0 Å². The maximum atomic E-state index is 5.68. The molecule has 0 aliphatic carbocycles. The molecule has 0 atom stereocenters. The van der Waals surface area contributed by atoms with E-state index in [0.29, 0.717) is 5.70 Å². The van der Waals surface area contributed by atoms with E-state index in [-0.39, 0.29) is 0 Å². The molecule has 13 heavy (non-hydrogen) atoms. The lowest BCUT2D eigenvalue weighted by atomic mass is 10.2. The van der Waals surface area contributed by atoms with Gasteiger partial charge in [0, 0.05) is 25.5 Å². The maximum absolute atomic E-state index is 5.68. The molecule has 3 N–H and O–H groups in total. The quantitative estimate of drug-likeness (QED) is 0.219. The molecule has 0 rings (SSSR count). The monoisotopic (exact) mass is 183 g/mol. The van der Waals surface area contributed by atoms with Gasteiger partial charge in [0.05, 0.1) is 0 Å². The summed E-state index contributed by atoms with van der Waals surface area (Å²) in [5.74, 6) is 0. The Morgan fingerprint density at radius 1 is 1.62 bits per heavy atom. The lowest BCUT2D eigenvalue weighted by molar-refractivity contribution is 0.140. The van der Waals surface area contributed by atoms with Gasteiger partial charge < -0.3 is 10.6 Å². The van der Waals surface area contributed by atoms with Gasteiger partial charge in [-0.25, -0.2) is 0 Å². The summed E-state index contributed by atoms with van der Waals surface area (Å²) in [4.78, 5) is 8.74. The molecule has 74 valence electrons. The SMILES string of the molecule is CCNO/C=C/C(N)=C(C)C=NC. The second kappa shape index (κ2) is 7.36. The van der Waals surface area contributed by atoms with Crippen LogP contribution in [0.3, 0.4) is 0 Å². The highest BCUT2D eigenvalue weighted by molar-refractivity contribution is 5.79. The second-order valence-corrected chi connectivity index (χ2v) is 2.44. The standard InChI is InChI=1S/C9H17N3O/c1-4-12-13-6-5-9(10)8(2)7-11-3/h5-7,12H,4,10H2,1-3H3/b6-5+,9-8?,11-7?. The summed E-state index contributed by atoms with van der Waals surface area (Å²) in [7, 11) is 1.70. The summed E-state index contributed by atoms with van der Waals surface area (Å²) in [5, 5.41) is 0. The van der Waals surface area contributed by atoms with Gasteiger partial charge in [-0.2, -0.15) is 5.48 Å². The number of rotatable bonds is 5. The van der Waals surface area contributed by atoms with Gasteiger partial charge in [0.2, 0.25) is 0 Å². The third kappa shape index (κ3) is 5.93. The van der Waals surface area contributed by atoms with Crippen molar-refractivity contribution >= 4 is 6.21 Å². The highest BCUT2D eigenvalue weighted by Gasteiger charge is 1.88. The van der Waals surface area contributed by atoms with Crippen LogP contribution in [0.4, 0.5) is 0 Å². The van der Waals surface area contributed by atoms with Gasteiger partial charge in [-0.1, -0.05) is 0 Å². The molecule has 0 amide bonds. The Balaban J connectivity index is 4.03. The summed E-state index contributed by atoms with van der Waals surface area (Å²) in [6.07, 6.45) is 4.89. The normalized spacial score (nSPS) is 13.8. The first-order chi connectivity index (χ1) is 6.22. The van der Waals surface area contributed by atoms with Crippen molar-refractivity contribution in [3.8, 4) is 0 Å². The predicted octanol–water partition coefficient (Wildman–Crippen LogP) is 0.975. The Labute approximate surface area is 79.1 Å². The molecular weight excluding hydrogens is 166 g/mol. The number of hydrogen-bond donors (Lipinski definition) is 2. The van der Waals surface area contributed by atoms with Gasteiger partial charge in [0.15, 0.2) is 0 Å². The van der Waals surface area contributed by atoms with Crippen molar-refractivity contribution in [3.63, 3.8) is 0 Å². The number of nitrogens with two attached hydrogens (primary N) is 1. The van der Waals surface area contributed by atoms with Gasteiger partial charge in [-0.15, -0.1) is 0 Å².